The number of aromatic nitrogens is 2. The van der Waals surface area contributed by atoms with E-state index >= 15 is 0 Å². The molecule has 1 aromatic heterocycles. The molecule has 1 N–H and O–H groups in total. The molecule has 0 spiro atoms. The minimum Gasteiger partial charge on any atom is -0.322 e. The number of anilines is 1. The van der Waals surface area contributed by atoms with Gasteiger partial charge in [-0.1, -0.05) is 78.9 Å². The highest BCUT2D eigenvalue weighted by Crippen LogP contribution is 2.32. The van der Waals surface area contributed by atoms with Crippen molar-refractivity contribution < 1.29 is 4.79 Å². The normalized spacial score (nSPS) is 10.5. The van der Waals surface area contributed by atoms with Gasteiger partial charge >= 0.3 is 0 Å². The van der Waals surface area contributed by atoms with Crippen LogP contribution in [0.25, 0.3) is 22.4 Å². The van der Waals surface area contributed by atoms with E-state index in [1.807, 2.05) is 78.9 Å². The second-order valence-electron chi connectivity index (χ2n) is 6.58. The van der Waals surface area contributed by atoms with E-state index in [4.69, 9.17) is 0 Å². The Balaban J connectivity index is 1.97. The predicted octanol–water partition coefficient (Wildman–Crippen LogP) is 4.37. The molecule has 4 aromatic rings. The second-order valence-corrected chi connectivity index (χ2v) is 6.58. The maximum Gasteiger partial charge on any atom is 0.280 e. The largest absolute Gasteiger partial charge is 0.322 e. The number of benzene rings is 3. The Morgan fingerprint density at radius 2 is 1.31 bits per heavy atom. The Hall–Kier alpha value is -3.99. The van der Waals surface area contributed by atoms with Crippen molar-refractivity contribution in [2.24, 2.45) is 7.05 Å². The molecule has 3 aromatic carbocycles. The Bertz CT molecular complexity index is 1200. The highest BCUT2D eigenvalue weighted by Gasteiger charge is 2.24. The first-order chi connectivity index (χ1) is 14.1. The first kappa shape index (κ1) is 18.4. The van der Waals surface area contributed by atoms with Gasteiger partial charge in [0.25, 0.3) is 11.5 Å². The molecule has 0 radical (unpaired) electrons. The standard InChI is InChI=1S/C24H19N3O2/c1-27-24(29)21(23(28)25-19-15-9-4-10-16-19)20(17-11-5-2-6-12-17)22(26-27)18-13-7-3-8-14-18/h2-16H,1H3,(H,25,28). The first-order valence-electron chi connectivity index (χ1n) is 9.23. The van der Waals surface area contributed by atoms with Crippen LogP contribution in [0.15, 0.2) is 95.8 Å². The lowest BCUT2D eigenvalue weighted by molar-refractivity contribution is 0.102. The minimum absolute atomic E-state index is 0.0661. The highest BCUT2D eigenvalue weighted by molar-refractivity contribution is 6.10. The van der Waals surface area contributed by atoms with Crippen LogP contribution in [0.4, 0.5) is 5.69 Å². The molecular formula is C24H19N3O2. The first-order valence-corrected chi connectivity index (χ1v) is 9.23. The molecule has 29 heavy (non-hydrogen) atoms. The van der Waals surface area contributed by atoms with Crippen LogP contribution in [0.1, 0.15) is 10.4 Å². The van der Waals surface area contributed by atoms with Crippen molar-refractivity contribution in [3.05, 3.63) is 107 Å². The van der Waals surface area contributed by atoms with Crippen LogP contribution >= 0.6 is 0 Å². The molecule has 0 unspecified atom stereocenters. The van der Waals surface area contributed by atoms with Crippen molar-refractivity contribution in [1.82, 2.24) is 9.78 Å². The quantitative estimate of drug-likeness (QED) is 0.571. The molecular weight excluding hydrogens is 362 g/mol. The van der Waals surface area contributed by atoms with E-state index in [1.165, 1.54) is 4.68 Å². The van der Waals surface area contributed by atoms with Gasteiger partial charge in [-0.25, -0.2) is 4.68 Å². The third-order valence-electron chi connectivity index (χ3n) is 4.61. The number of para-hydroxylation sites is 1. The predicted molar refractivity (Wildman–Crippen MR) is 115 cm³/mol. The maximum atomic E-state index is 13.2. The SMILES string of the molecule is Cn1nc(-c2ccccc2)c(-c2ccccc2)c(C(=O)Nc2ccccc2)c1=O. The van der Waals surface area contributed by atoms with Crippen molar-refractivity contribution in [1.29, 1.82) is 0 Å². The van der Waals surface area contributed by atoms with Crippen LogP contribution in [-0.2, 0) is 7.05 Å². The number of hydrogen-bond donors (Lipinski definition) is 1. The van der Waals surface area contributed by atoms with Gasteiger partial charge in [-0.15, -0.1) is 0 Å². The average molecular weight is 381 g/mol. The topological polar surface area (TPSA) is 64.0 Å². The molecule has 0 fully saturated rings. The summed E-state index contributed by atoms with van der Waals surface area (Å²) in [6.07, 6.45) is 0. The van der Waals surface area contributed by atoms with Crippen LogP contribution in [0.3, 0.4) is 0 Å². The zero-order valence-electron chi connectivity index (χ0n) is 15.9. The lowest BCUT2D eigenvalue weighted by atomic mass is 9.95. The van der Waals surface area contributed by atoms with Gasteiger partial charge in [0.15, 0.2) is 0 Å². The summed E-state index contributed by atoms with van der Waals surface area (Å²) in [5, 5.41) is 7.33. The molecule has 0 aliphatic carbocycles. The van der Waals surface area contributed by atoms with E-state index < -0.39 is 11.5 Å². The van der Waals surface area contributed by atoms with E-state index in [1.54, 1.807) is 19.2 Å². The monoisotopic (exact) mass is 381 g/mol. The Labute approximate surface area is 168 Å². The van der Waals surface area contributed by atoms with E-state index in [-0.39, 0.29) is 5.56 Å². The van der Waals surface area contributed by atoms with Crippen molar-refractivity contribution in [3.8, 4) is 22.4 Å². The van der Waals surface area contributed by atoms with Crippen molar-refractivity contribution in [3.63, 3.8) is 0 Å². The number of rotatable bonds is 4. The number of nitrogens with one attached hydrogen (secondary N) is 1. The highest BCUT2D eigenvalue weighted by atomic mass is 16.2. The van der Waals surface area contributed by atoms with Gasteiger partial charge in [0.1, 0.15) is 5.56 Å². The van der Waals surface area contributed by atoms with Gasteiger partial charge in [-0.2, -0.15) is 5.10 Å². The van der Waals surface area contributed by atoms with Gasteiger partial charge in [0.05, 0.1) is 5.69 Å². The molecule has 0 saturated heterocycles. The molecule has 142 valence electrons. The van der Waals surface area contributed by atoms with Gasteiger partial charge in [0, 0.05) is 23.9 Å². The molecule has 0 saturated carbocycles. The van der Waals surface area contributed by atoms with Crippen LogP contribution < -0.4 is 10.9 Å². The molecule has 5 nitrogen and oxygen atoms in total. The lowest BCUT2D eigenvalue weighted by Gasteiger charge is -2.16. The van der Waals surface area contributed by atoms with E-state index in [9.17, 15) is 9.59 Å². The number of amides is 1. The zero-order valence-corrected chi connectivity index (χ0v) is 15.9. The summed E-state index contributed by atoms with van der Waals surface area (Å²) in [5.74, 6) is -0.463. The average Bonchev–Trinajstić information content (AvgIpc) is 2.77. The third kappa shape index (κ3) is 3.71. The van der Waals surface area contributed by atoms with Gasteiger partial charge in [0.2, 0.25) is 0 Å². The molecule has 0 aliphatic heterocycles. The van der Waals surface area contributed by atoms with Crippen molar-refractivity contribution >= 4 is 11.6 Å². The molecule has 0 aliphatic rings. The van der Waals surface area contributed by atoms with Crippen LogP contribution in [0.5, 0.6) is 0 Å². The van der Waals surface area contributed by atoms with Crippen molar-refractivity contribution in [2.75, 3.05) is 5.32 Å². The summed E-state index contributed by atoms with van der Waals surface area (Å²) < 4.78 is 1.22. The number of aryl methyl sites for hydroxylation is 1. The fourth-order valence-electron chi connectivity index (χ4n) is 3.24. The number of carbonyl (C=O) groups is 1. The zero-order chi connectivity index (χ0) is 20.2. The molecule has 5 heteroatoms. The Kier molecular flexibility index (Phi) is 5.03. The molecule has 4 rings (SSSR count). The maximum absolute atomic E-state index is 13.2. The fraction of sp³-hybridized carbons (Fsp3) is 0.0417. The Morgan fingerprint density at radius 1 is 0.793 bits per heavy atom. The minimum atomic E-state index is -0.463. The molecule has 0 atom stereocenters. The number of nitrogens with zero attached hydrogens (tertiary/aromatic N) is 2. The molecule has 1 amide bonds. The lowest BCUT2D eigenvalue weighted by Crippen LogP contribution is -2.31. The van der Waals surface area contributed by atoms with E-state index in [0.29, 0.717) is 16.9 Å². The summed E-state index contributed by atoms with van der Waals surface area (Å²) >= 11 is 0. The summed E-state index contributed by atoms with van der Waals surface area (Å²) in [4.78, 5) is 26.2. The molecule has 0 bridgehead atoms. The van der Waals surface area contributed by atoms with E-state index in [0.717, 1.165) is 11.1 Å². The number of carbonyl (C=O) groups excluding carboxylic acids is 1. The Morgan fingerprint density at radius 3 is 1.90 bits per heavy atom. The van der Waals surface area contributed by atoms with Gasteiger partial charge < -0.3 is 5.32 Å². The van der Waals surface area contributed by atoms with Crippen LogP contribution in [0.2, 0.25) is 0 Å². The van der Waals surface area contributed by atoms with E-state index in [2.05, 4.69) is 10.4 Å². The van der Waals surface area contributed by atoms with Gasteiger partial charge in [-0.05, 0) is 17.7 Å². The van der Waals surface area contributed by atoms with Gasteiger partial charge in [-0.3, -0.25) is 9.59 Å². The van der Waals surface area contributed by atoms with Crippen LogP contribution in [-0.4, -0.2) is 15.7 Å². The summed E-state index contributed by atoms with van der Waals surface area (Å²) in [6.45, 7) is 0. The molecule has 1 heterocycles. The van der Waals surface area contributed by atoms with Crippen LogP contribution in [0, 0.1) is 0 Å². The van der Waals surface area contributed by atoms with Crippen molar-refractivity contribution in [2.45, 2.75) is 0 Å². The third-order valence-corrected chi connectivity index (χ3v) is 4.61. The fourth-order valence-corrected chi connectivity index (χ4v) is 3.24. The number of hydrogen-bond acceptors (Lipinski definition) is 3. The second kappa shape index (κ2) is 7.94. The summed E-state index contributed by atoms with van der Waals surface area (Å²) in [7, 11) is 1.56. The summed E-state index contributed by atoms with van der Waals surface area (Å²) in [5.41, 5.74) is 2.93. The smallest absolute Gasteiger partial charge is 0.280 e. The summed E-state index contributed by atoms with van der Waals surface area (Å²) in [6, 6.07) is 28.0.